The molecule has 1 aliphatic carbocycles. The van der Waals surface area contributed by atoms with Crippen molar-refractivity contribution in [2.24, 2.45) is 0 Å². The number of aromatic nitrogens is 1. The Balaban J connectivity index is 2.17. The molecule has 18 heavy (non-hydrogen) atoms. The van der Waals surface area contributed by atoms with Gasteiger partial charge in [0.1, 0.15) is 17.9 Å². The number of fused-ring (bicyclic) bond motifs is 3. The predicted octanol–water partition coefficient (Wildman–Crippen LogP) is 1.39. The van der Waals surface area contributed by atoms with Crippen LogP contribution in [0.15, 0.2) is 12.1 Å². The third-order valence-corrected chi connectivity index (χ3v) is 3.21. The summed E-state index contributed by atoms with van der Waals surface area (Å²) in [6.45, 7) is 1.66. The molecule has 3 rings (SSSR count). The van der Waals surface area contributed by atoms with Crippen LogP contribution in [0.1, 0.15) is 46.4 Å². The van der Waals surface area contributed by atoms with E-state index in [0.717, 1.165) is 5.56 Å². The van der Waals surface area contributed by atoms with E-state index in [2.05, 4.69) is 9.72 Å². The van der Waals surface area contributed by atoms with Crippen LogP contribution < -0.4 is 0 Å². The zero-order valence-corrected chi connectivity index (χ0v) is 10.1. The molecule has 3 atom stereocenters. The maximum Gasteiger partial charge on any atom is 0.356 e. The molecule has 0 spiro atoms. The minimum atomic E-state index is -0.676. The van der Waals surface area contributed by atoms with Gasteiger partial charge in [-0.3, -0.25) is 0 Å². The topological polar surface area (TPSA) is 72.0 Å². The van der Waals surface area contributed by atoms with E-state index in [1.165, 1.54) is 7.11 Å². The number of esters is 1. The summed E-state index contributed by atoms with van der Waals surface area (Å²) in [5.74, 6) is -0.508. The quantitative estimate of drug-likeness (QED) is 0.631. The van der Waals surface area contributed by atoms with Gasteiger partial charge >= 0.3 is 5.97 Å². The minimum absolute atomic E-state index is 0.0553. The van der Waals surface area contributed by atoms with Crippen molar-refractivity contribution in [3.63, 3.8) is 0 Å². The van der Waals surface area contributed by atoms with Crippen molar-refractivity contribution in [1.82, 2.24) is 4.98 Å². The molecule has 5 heteroatoms. The number of carbonyl (C=O) groups is 1. The van der Waals surface area contributed by atoms with Crippen LogP contribution in [-0.4, -0.2) is 29.3 Å². The van der Waals surface area contributed by atoms with Crippen molar-refractivity contribution in [1.29, 1.82) is 0 Å². The summed E-state index contributed by atoms with van der Waals surface area (Å²) in [6.07, 6.45) is 3.12. The molecule has 0 saturated carbocycles. The summed E-state index contributed by atoms with van der Waals surface area (Å²) in [6, 6.07) is 1.57. The van der Waals surface area contributed by atoms with Gasteiger partial charge in [-0.25, -0.2) is 9.78 Å². The van der Waals surface area contributed by atoms with E-state index in [9.17, 15) is 9.90 Å². The van der Waals surface area contributed by atoms with Gasteiger partial charge in [0.2, 0.25) is 0 Å². The summed E-state index contributed by atoms with van der Waals surface area (Å²) in [5.41, 5.74) is 2.43. The second kappa shape index (κ2) is 3.90. The van der Waals surface area contributed by atoms with Crippen LogP contribution in [0, 0.1) is 0 Å². The van der Waals surface area contributed by atoms with Gasteiger partial charge < -0.3 is 14.6 Å². The largest absolute Gasteiger partial charge is 0.464 e. The highest BCUT2D eigenvalue weighted by Crippen LogP contribution is 2.45. The second-order valence-corrected chi connectivity index (χ2v) is 4.44. The molecule has 1 aromatic rings. The average molecular weight is 247 g/mol. The van der Waals surface area contributed by atoms with Crippen LogP contribution in [0.2, 0.25) is 0 Å². The van der Waals surface area contributed by atoms with E-state index < -0.39 is 12.1 Å². The van der Waals surface area contributed by atoms with E-state index >= 15 is 0 Å². The number of epoxide rings is 1. The first kappa shape index (κ1) is 11.4. The Labute approximate surface area is 104 Å². The molecule has 94 valence electrons. The molecule has 1 saturated heterocycles. The molecular weight excluding hydrogens is 234 g/mol. The molecule has 0 amide bonds. The van der Waals surface area contributed by atoms with E-state index in [1.54, 1.807) is 13.0 Å². The van der Waals surface area contributed by atoms with Gasteiger partial charge in [-0.15, -0.1) is 0 Å². The van der Waals surface area contributed by atoms with Gasteiger partial charge in [-0.2, -0.15) is 0 Å². The van der Waals surface area contributed by atoms with Gasteiger partial charge in [0.15, 0.2) is 0 Å². The maximum atomic E-state index is 11.6. The number of methoxy groups -OCH3 is 1. The zero-order valence-electron chi connectivity index (χ0n) is 10.1. The van der Waals surface area contributed by atoms with Crippen molar-refractivity contribution in [2.45, 2.75) is 25.2 Å². The molecule has 0 bridgehead atoms. The van der Waals surface area contributed by atoms with Crippen LogP contribution in [-0.2, 0) is 9.47 Å². The summed E-state index contributed by atoms with van der Waals surface area (Å²) in [7, 11) is 1.31. The van der Waals surface area contributed by atoms with Gasteiger partial charge in [-0.05, 0) is 18.6 Å². The lowest BCUT2D eigenvalue weighted by atomic mass is 9.95. The number of ether oxygens (including phenoxy) is 2. The molecule has 1 N–H and O–H groups in total. The van der Waals surface area contributed by atoms with Crippen LogP contribution in [0.4, 0.5) is 0 Å². The fourth-order valence-electron chi connectivity index (χ4n) is 2.23. The maximum absolute atomic E-state index is 11.6. The number of hydrogen-bond donors (Lipinski definition) is 1. The third-order valence-electron chi connectivity index (χ3n) is 3.21. The SMILES string of the molecule is COC(=O)c1cc([C@H](C)O)c2c(n1)[C@H]1O[C@H]1C=C2. The van der Waals surface area contributed by atoms with E-state index in [1.807, 2.05) is 12.2 Å². The molecule has 2 aliphatic rings. The smallest absolute Gasteiger partial charge is 0.356 e. The third kappa shape index (κ3) is 1.63. The van der Waals surface area contributed by atoms with Gasteiger partial charge in [0.25, 0.3) is 0 Å². The van der Waals surface area contributed by atoms with E-state index in [-0.39, 0.29) is 17.9 Å². The number of rotatable bonds is 2. The Bertz CT molecular complexity index is 550. The Morgan fingerprint density at radius 1 is 1.61 bits per heavy atom. The molecule has 0 unspecified atom stereocenters. The zero-order chi connectivity index (χ0) is 12.9. The Morgan fingerprint density at radius 3 is 3.06 bits per heavy atom. The van der Waals surface area contributed by atoms with Gasteiger partial charge in [0.05, 0.1) is 18.9 Å². The van der Waals surface area contributed by atoms with Crippen LogP contribution >= 0.6 is 0 Å². The Kier molecular flexibility index (Phi) is 2.46. The number of hydrogen-bond acceptors (Lipinski definition) is 5. The number of nitrogens with zero attached hydrogens (tertiary/aromatic N) is 1. The highest BCUT2D eigenvalue weighted by atomic mass is 16.6. The number of pyridine rings is 1. The molecule has 2 heterocycles. The van der Waals surface area contributed by atoms with Crippen molar-refractivity contribution in [3.05, 3.63) is 34.7 Å². The fourth-order valence-corrected chi connectivity index (χ4v) is 2.23. The van der Waals surface area contributed by atoms with Crippen molar-refractivity contribution < 1.29 is 19.4 Å². The van der Waals surface area contributed by atoms with Crippen LogP contribution in [0.3, 0.4) is 0 Å². The molecule has 1 fully saturated rings. The number of carbonyl (C=O) groups excluding carboxylic acids is 1. The Morgan fingerprint density at radius 2 is 2.39 bits per heavy atom. The molecule has 0 radical (unpaired) electrons. The first-order valence-corrected chi connectivity index (χ1v) is 5.76. The highest BCUT2D eigenvalue weighted by molar-refractivity contribution is 5.88. The number of aliphatic hydroxyl groups excluding tert-OH is 1. The molecular formula is C13H13NO4. The average Bonchev–Trinajstić information content (AvgIpc) is 3.15. The van der Waals surface area contributed by atoms with E-state index in [0.29, 0.717) is 11.3 Å². The van der Waals surface area contributed by atoms with Crippen LogP contribution in [0.5, 0.6) is 0 Å². The second-order valence-electron chi connectivity index (χ2n) is 4.44. The summed E-state index contributed by atoms with van der Waals surface area (Å²) < 4.78 is 10.1. The lowest BCUT2D eigenvalue weighted by Gasteiger charge is -2.15. The first-order chi connectivity index (χ1) is 8.61. The molecule has 1 aromatic heterocycles. The van der Waals surface area contributed by atoms with Gasteiger partial charge in [0, 0.05) is 5.56 Å². The van der Waals surface area contributed by atoms with Crippen LogP contribution in [0.25, 0.3) is 6.08 Å². The normalized spacial score (nSPS) is 25.1. The highest BCUT2D eigenvalue weighted by Gasteiger charge is 2.44. The molecule has 1 aliphatic heterocycles. The van der Waals surface area contributed by atoms with E-state index in [4.69, 9.17) is 4.74 Å². The minimum Gasteiger partial charge on any atom is -0.464 e. The standard InChI is InChI=1S/C13H13NO4/c1-6(15)8-5-9(13(16)17-2)14-11-7(8)3-4-10-12(11)18-10/h3-6,10,12,15H,1-2H3/t6-,10-,12-/m0/s1. The monoisotopic (exact) mass is 247 g/mol. The summed E-state index contributed by atoms with van der Waals surface area (Å²) in [4.78, 5) is 15.9. The molecule has 0 aromatic carbocycles. The van der Waals surface area contributed by atoms with Gasteiger partial charge in [-0.1, -0.05) is 12.2 Å². The van der Waals surface area contributed by atoms with Crippen molar-refractivity contribution in [3.8, 4) is 0 Å². The lowest BCUT2D eigenvalue weighted by Crippen LogP contribution is -2.12. The predicted molar refractivity (Wildman–Crippen MR) is 62.9 cm³/mol. The molecule has 5 nitrogen and oxygen atoms in total. The van der Waals surface area contributed by atoms with Crippen molar-refractivity contribution >= 4 is 12.0 Å². The first-order valence-electron chi connectivity index (χ1n) is 5.76. The fraction of sp³-hybridized carbons (Fsp3) is 0.385. The number of aliphatic hydroxyl groups is 1. The summed E-state index contributed by atoms with van der Waals surface area (Å²) >= 11 is 0. The summed E-state index contributed by atoms with van der Waals surface area (Å²) in [5, 5.41) is 9.80. The van der Waals surface area contributed by atoms with Crippen molar-refractivity contribution in [2.75, 3.05) is 7.11 Å². The lowest BCUT2D eigenvalue weighted by molar-refractivity contribution is 0.0593. The Hall–Kier alpha value is -1.72.